The highest BCUT2D eigenvalue weighted by atomic mass is 19.1. The van der Waals surface area contributed by atoms with Crippen molar-refractivity contribution < 1.29 is 27.8 Å². The fourth-order valence-electron chi connectivity index (χ4n) is 3.06. The lowest BCUT2D eigenvalue weighted by molar-refractivity contribution is 0.0387. The molecule has 0 radical (unpaired) electrons. The van der Waals surface area contributed by atoms with Crippen LogP contribution in [0, 0.1) is 5.95 Å². The third-order valence-corrected chi connectivity index (χ3v) is 4.28. The lowest BCUT2D eigenvalue weighted by Crippen LogP contribution is -2.29. The van der Waals surface area contributed by atoms with Gasteiger partial charge in [-0.25, -0.2) is 9.18 Å². The average molecular weight is 379 g/mol. The van der Waals surface area contributed by atoms with Crippen molar-refractivity contribution in [2.75, 3.05) is 19.8 Å². The Morgan fingerprint density at radius 3 is 3.00 bits per heavy atom. The van der Waals surface area contributed by atoms with Crippen molar-refractivity contribution >= 4 is 11.5 Å². The second-order valence-electron chi connectivity index (χ2n) is 5.92. The summed E-state index contributed by atoms with van der Waals surface area (Å²) in [5, 5.41) is 3.79. The zero-order valence-corrected chi connectivity index (χ0v) is 14.2. The summed E-state index contributed by atoms with van der Waals surface area (Å²) in [6, 6.07) is 1.12. The summed E-state index contributed by atoms with van der Waals surface area (Å²) >= 11 is 0. The Morgan fingerprint density at radius 2 is 2.22 bits per heavy atom. The number of carbonyl (C=O) groups excluding carboxylic acids is 1. The Bertz CT molecular complexity index is 1040. The standard InChI is InChI=1S/C17H15F2N3O5/c1-2-25-17(24)9-7-10-16(23)20-13(15(19)22(10)21-9)8-3-4-11-14(12(8)18)27-6-5-26-11/h3-4,7-8,12H,2,5-6H2,1H3,(H,20,23). The van der Waals surface area contributed by atoms with Gasteiger partial charge in [0.1, 0.15) is 18.7 Å². The number of allylic oxidation sites excluding steroid dienone is 3. The molecule has 2 aliphatic rings. The summed E-state index contributed by atoms with van der Waals surface area (Å²) in [5.41, 5.74) is -1.43. The highest BCUT2D eigenvalue weighted by Crippen LogP contribution is 2.36. The third-order valence-electron chi connectivity index (χ3n) is 4.28. The minimum atomic E-state index is -1.74. The summed E-state index contributed by atoms with van der Waals surface area (Å²) in [6.45, 7) is 2.18. The smallest absolute Gasteiger partial charge is 0.358 e. The molecule has 0 aromatic carbocycles. The van der Waals surface area contributed by atoms with E-state index in [1.807, 2.05) is 0 Å². The maximum absolute atomic E-state index is 15.0. The van der Waals surface area contributed by atoms with Crippen molar-refractivity contribution in [2.45, 2.75) is 19.0 Å². The molecular formula is C17H15F2N3O5. The molecule has 4 rings (SSSR count). The van der Waals surface area contributed by atoms with Crippen molar-refractivity contribution in [3.8, 4) is 0 Å². The summed E-state index contributed by atoms with van der Waals surface area (Å²) in [4.78, 5) is 26.5. The van der Waals surface area contributed by atoms with Crippen LogP contribution in [-0.4, -0.2) is 46.6 Å². The molecule has 3 heterocycles. The van der Waals surface area contributed by atoms with Gasteiger partial charge in [0.2, 0.25) is 5.95 Å². The molecule has 10 heteroatoms. The first-order valence-corrected chi connectivity index (χ1v) is 8.32. The topological polar surface area (TPSA) is 94.9 Å². The first-order chi connectivity index (χ1) is 13.0. The number of alkyl halides is 1. The number of fused-ring (bicyclic) bond motifs is 1. The Labute approximate surface area is 151 Å². The number of esters is 1. The molecule has 0 bridgehead atoms. The van der Waals surface area contributed by atoms with Crippen LogP contribution in [0.4, 0.5) is 8.78 Å². The fourth-order valence-corrected chi connectivity index (χ4v) is 3.06. The van der Waals surface area contributed by atoms with Gasteiger partial charge >= 0.3 is 5.97 Å². The second-order valence-corrected chi connectivity index (χ2v) is 5.92. The molecule has 8 nitrogen and oxygen atoms in total. The van der Waals surface area contributed by atoms with Crippen LogP contribution in [0.1, 0.15) is 29.0 Å². The van der Waals surface area contributed by atoms with E-state index in [1.54, 1.807) is 6.92 Å². The van der Waals surface area contributed by atoms with Gasteiger partial charge in [-0.3, -0.25) is 4.79 Å². The van der Waals surface area contributed by atoms with Crippen molar-refractivity contribution in [1.82, 2.24) is 14.6 Å². The number of halogens is 2. The van der Waals surface area contributed by atoms with Gasteiger partial charge in [-0.2, -0.15) is 14.0 Å². The van der Waals surface area contributed by atoms with Crippen LogP contribution in [0.25, 0.3) is 5.52 Å². The fraction of sp³-hybridized carbons (Fsp3) is 0.353. The van der Waals surface area contributed by atoms with Crippen molar-refractivity contribution in [3.05, 3.63) is 57.4 Å². The van der Waals surface area contributed by atoms with Gasteiger partial charge < -0.3 is 19.2 Å². The minimum absolute atomic E-state index is 0.0400. The van der Waals surface area contributed by atoms with Crippen molar-refractivity contribution in [2.24, 2.45) is 0 Å². The summed E-state index contributed by atoms with van der Waals surface area (Å²) < 4.78 is 46.0. The van der Waals surface area contributed by atoms with Gasteiger partial charge in [0.05, 0.1) is 18.2 Å². The number of ether oxygens (including phenoxy) is 3. The van der Waals surface area contributed by atoms with Crippen LogP contribution in [0.15, 0.2) is 34.5 Å². The molecular weight excluding hydrogens is 364 g/mol. The molecule has 2 unspecified atom stereocenters. The molecule has 2 aromatic heterocycles. The van der Waals surface area contributed by atoms with Gasteiger partial charge in [0, 0.05) is 6.07 Å². The molecule has 0 amide bonds. The van der Waals surface area contributed by atoms with Crippen molar-refractivity contribution in [1.29, 1.82) is 0 Å². The van der Waals surface area contributed by atoms with Crippen molar-refractivity contribution in [3.63, 3.8) is 0 Å². The first kappa shape index (κ1) is 17.3. The first-order valence-electron chi connectivity index (χ1n) is 8.32. The Kier molecular flexibility index (Phi) is 4.17. The van der Waals surface area contributed by atoms with Crippen LogP contribution in [0.2, 0.25) is 0 Å². The van der Waals surface area contributed by atoms with Gasteiger partial charge in [-0.15, -0.1) is 0 Å². The number of H-pyrrole nitrogens is 1. The predicted octanol–water partition coefficient (Wildman–Crippen LogP) is 1.59. The highest BCUT2D eigenvalue weighted by Gasteiger charge is 2.36. The summed E-state index contributed by atoms with van der Waals surface area (Å²) in [5.74, 6) is -2.71. The maximum Gasteiger partial charge on any atom is 0.358 e. The molecule has 0 saturated carbocycles. The molecule has 0 fully saturated rings. The van der Waals surface area contributed by atoms with E-state index >= 15 is 0 Å². The lowest BCUT2D eigenvalue weighted by atomic mass is 9.93. The molecule has 0 saturated heterocycles. The number of carbonyl (C=O) groups is 1. The Hall–Kier alpha value is -3.17. The van der Waals surface area contributed by atoms with Gasteiger partial charge in [-0.1, -0.05) is 6.08 Å². The number of nitrogens with one attached hydrogen (secondary N) is 1. The number of hydrogen-bond donors (Lipinski definition) is 1. The molecule has 1 aliphatic heterocycles. The second kappa shape index (κ2) is 6.53. The van der Waals surface area contributed by atoms with Crippen LogP contribution >= 0.6 is 0 Å². The minimum Gasteiger partial charge on any atom is -0.487 e. The molecule has 27 heavy (non-hydrogen) atoms. The molecule has 2 atom stereocenters. The van der Waals surface area contributed by atoms with E-state index in [-0.39, 0.29) is 41.6 Å². The predicted molar refractivity (Wildman–Crippen MR) is 87.4 cm³/mol. The highest BCUT2D eigenvalue weighted by molar-refractivity contribution is 5.88. The Morgan fingerprint density at radius 1 is 1.44 bits per heavy atom. The van der Waals surface area contributed by atoms with E-state index in [1.165, 1.54) is 12.2 Å². The number of hydrogen-bond acceptors (Lipinski definition) is 6. The number of nitrogens with zero attached hydrogens (tertiary/aromatic N) is 2. The van der Waals surface area contributed by atoms with E-state index in [2.05, 4.69) is 10.1 Å². The number of rotatable bonds is 3. The van der Waals surface area contributed by atoms with E-state index in [4.69, 9.17) is 14.2 Å². The van der Waals surface area contributed by atoms with E-state index < -0.39 is 29.6 Å². The van der Waals surface area contributed by atoms with Gasteiger partial charge in [0.25, 0.3) is 5.56 Å². The van der Waals surface area contributed by atoms with Crippen LogP contribution in [0.3, 0.4) is 0 Å². The zero-order valence-electron chi connectivity index (χ0n) is 14.2. The average Bonchev–Trinajstić information content (AvgIpc) is 3.12. The number of aromatic amines is 1. The normalized spacial score (nSPS) is 21.6. The summed E-state index contributed by atoms with van der Waals surface area (Å²) in [7, 11) is 0. The molecule has 2 aromatic rings. The third kappa shape index (κ3) is 2.77. The SMILES string of the molecule is CCOC(=O)c1cc2c(=O)[nH]c(C3C=CC4=C(OCCO4)C3F)c(F)n2n1. The monoisotopic (exact) mass is 379 g/mol. The van der Waals surface area contributed by atoms with Crippen LogP contribution < -0.4 is 5.56 Å². The van der Waals surface area contributed by atoms with E-state index in [9.17, 15) is 18.4 Å². The largest absolute Gasteiger partial charge is 0.487 e. The Balaban J connectivity index is 1.78. The zero-order chi connectivity index (χ0) is 19.1. The maximum atomic E-state index is 15.0. The van der Waals surface area contributed by atoms with E-state index in [0.717, 1.165) is 6.07 Å². The number of aromatic nitrogens is 3. The van der Waals surface area contributed by atoms with Gasteiger partial charge in [0.15, 0.2) is 23.4 Å². The summed E-state index contributed by atoms with van der Waals surface area (Å²) in [6.07, 6.45) is 1.12. The molecule has 1 N–H and O–H groups in total. The molecule has 1 aliphatic carbocycles. The van der Waals surface area contributed by atoms with Crippen LogP contribution in [-0.2, 0) is 14.2 Å². The van der Waals surface area contributed by atoms with Crippen LogP contribution in [0.5, 0.6) is 0 Å². The molecule has 0 spiro atoms. The van der Waals surface area contributed by atoms with E-state index in [0.29, 0.717) is 11.1 Å². The lowest BCUT2D eigenvalue weighted by Gasteiger charge is -2.29. The molecule has 142 valence electrons. The van der Waals surface area contributed by atoms with Gasteiger partial charge in [-0.05, 0) is 13.0 Å². The quantitative estimate of drug-likeness (QED) is 0.814.